The summed E-state index contributed by atoms with van der Waals surface area (Å²) in [4.78, 5) is 14.5. The Morgan fingerprint density at radius 1 is 1.18 bits per heavy atom. The lowest BCUT2D eigenvalue weighted by Crippen LogP contribution is -2.22. The molecule has 1 amide bonds. The average Bonchev–Trinajstić information content (AvgIpc) is 3.41. The van der Waals surface area contributed by atoms with Crippen molar-refractivity contribution in [3.05, 3.63) is 41.7 Å². The standard InChI is InChI=1S/C19H22N6O2S/c1-13-5-7-15(8-6-13)25-18(24-9-3-4-10-24)21-22-19(25)28-12-17(26)20-16-11-14(2)27-23-16/h5-8,11H,3-4,9-10,12H2,1-2H3,(H,20,23,26). The molecule has 0 unspecified atom stereocenters. The highest BCUT2D eigenvalue weighted by atomic mass is 32.2. The molecular formula is C19H22N6O2S. The van der Waals surface area contributed by atoms with Gasteiger partial charge in [-0.25, -0.2) is 0 Å². The number of hydrogen-bond acceptors (Lipinski definition) is 7. The van der Waals surface area contributed by atoms with Crippen LogP contribution >= 0.6 is 11.8 Å². The van der Waals surface area contributed by atoms with Gasteiger partial charge in [-0.05, 0) is 38.8 Å². The topological polar surface area (TPSA) is 89.1 Å². The number of nitrogens with one attached hydrogen (secondary N) is 1. The van der Waals surface area contributed by atoms with Crippen LogP contribution < -0.4 is 10.2 Å². The Morgan fingerprint density at radius 2 is 1.93 bits per heavy atom. The molecule has 0 saturated carbocycles. The zero-order valence-corrected chi connectivity index (χ0v) is 16.7. The first-order valence-electron chi connectivity index (χ1n) is 9.23. The summed E-state index contributed by atoms with van der Waals surface area (Å²) in [6.45, 7) is 5.78. The van der Waals surface area contributed by atoms with Crippen molar-refractivity contribution in [1.29, 1.82) is 0 Å². The molecule has 1 saturated heterocycles. The Bertz CT molecular complexity index is 959. The van der Waals surface area contributed by atoms with Gasteiger partial charge >= 0.3 is 0 Å². The van der Waals surface area contributed by atoms with E-state index in [4.69, 9.17) is 4.52 Å². The van der Waals surface area contributed by atoms with Gasteiger partial charge in [0, 0.05) is 19.2 Å². The van der Waals surface area contributed by atoms with Crippen LogP contribution in [0.2, 0.25) is 0 Å². The van der Waals surface area contributed by atoms with Crippen molar-refractivity contribution in [2.75, 3.05) is 29.1 Å². The van der Waals surface area contributed by atoms with Crippen molar-refractivity contribution in [1.82, 2.24) is 19.9 Å². The van der Waals surface area contributed by atoms with Crippen LogP contribution in [0.25, 0.3) is 5.69 Å². The van der Waals surface area contributed by atoms with E-state index in [0.29, 0.717) is 16.7 Å². The van der Waals surface area contributed by atoms with Crippen molar-refractivity contribution in [2.24, 2.45) is 0 Å². The number of thioether (sulfide) groups is 1. The molecule has 0 radical (unpaired) electrons. The van der Waals surface area contributed by atoms with E-state index in [9.17, 15) is 4.79 Å². The highest BCUT2D eigenvalue weighted by Gasteiger charge is 2.23. The Kier molecular flexibility index (Phi) is 5.34. The number of aromatic nitrogens is 4. The normalized spacial score (nSPS) is 13.9. The van der Waals surface area contributed by atoms with Crippen molar-refractivity contribution >= 4 is 29.4 Å². The molecule has 0 atom stereocenters. The third kappa shape index (κ3) is 4.04. The largest absolute Gasteiger partial charge is 0.360 e. The molecular weight excluding hydrogens is 376 g/mol. The zero-order valence-electron chi connectivity index (χ0n) is 15.9. The number of rotatable bonds is 6. The number of benzene rings is 1. The zero-order chi connectivity index (χ0) is 19.5. The van der Waals surface area contributed by atoms with Gasteiger partial charge in [-0.2, -0.15) is 0 Å². The third-order valence-corrected chi connectivity index (χ3v) is 5.45. The van der Waals surface area contributed by atoms with Gasteiger partial charge in [0.15, 0.2) is 11.0 Å². The highest BCUT2D eigenvalue weighted by Crippen LogP contribution is 2.28. The summed E-state index contributed by atoms with van der Waals surface area (Å²) in [6, 6.07) is 9.93. The van der Waals surface area contributed by atoms with Crippen molar-refractivity contribution in [3.8, 4) is 5.69 Å². The number of aryl methyl sites for hydroxylation is 2. The fourth-order valence-electron chi connectivity index (χ4n) is 3.13. The second-order valence-corrected chi connectivity index (χ2v) is 7.75. The lowest BCUT2D eigenvalue weighted by atomic mass is 10.2. The number of nitrogens with zero attached hydrogens (tertiary/aromatic N) is 5. The summed E-state index contributed by atoms with van der Waals surface area (Å²) in [5, 5.41) is 16.0. The summed E-state index contributed by atoms with van der Waals surface area (Å²) in [5.74, 6) is 1.93. The molecule has 28 heavy (non-hydrogen) atoms. The molecule has 0 spiro atoms. The Morgan fingerprint density at radius 3 is 2.61 bits per heavy atom. The molecule has 2 aromatic heterocycles. The van der Waals surface area contributed by atoms with Gasteiger partial charge in [0.05, 0.1) is 11.4 Å². The van der Waals surface area contributed by atoms with E-state index in [0.717, 1.165) is 37.6 Å². The van der Waals surface area contributed by atoms with Crippen LogP contribution in [0, 0.1) is 13.8 Å². The number of carbonyl (C=O) groups excluding carboxylic acids is 1. The molecule has 1 N–H and O–H groups in total. The molecule has 1 aliphatic rings. The SMILES string of the molecule is Cc1ccc(-n2c(SCC(=O)Nc3cc(C)on3)nnc2N2CCCC2)cc1. The summed E-state index contributed by atoms with van der Waals surface area (Å²) >= 11 is 1.35. The minimum absolute atomic E-state index is 0.167. The summed E-state index contributed by atoms with van der Waals surface area (Å²) in [5.41, 5.74) is 2.18. The first-order valence-corrected chi connectivity index (χ1v) is 10.2. The van der Waals surface area contributed by atoms with Crippen LogP contribution in [0.15, 0.2) is 40.0 Å². The van der Waals surface area contributed by atoms with Crippen LogP contribution in [0.5, 0.6) is 0 Å². The van der Waals surface area contributed by atoms with Crippen molar-refractivity contribution in [2.45, 2.75) is 31.8 Å². The second-order valence-electron chi connectivity index (χ2n) is 6.81. The number of hydrogen-bond donors (Lipinski definition) is 1. The summed E-state index contributed by atoms with van der Waals surface area (Å²) in [7, 11) is 0. The van der Waals surface area contributed by atoms with Crippen LogP contribution in [0.1, 0.15) is 24.2 Å². The lowest BCUT2D eigenvalue weighted by Gasteiger charge is -2.18. The molecule has 4 rings (SSSR count). The van der Waals surface area contributed by atoms with E-state index >= 15 is 0 Å². The predicted octanol–water partition coefficient (Wildman–Crippen LogP) is 3.20. The first kappa shape index (κ1) is 18.5. The predicted molar refractivity (Wildman–Crippen MR) is 108 cm³/mol. The van der Waals surface area contributed by atoms with Gasteiger partial charge in [0.25, 0.3) is 0 Å². The third-order valence-electron chi connectivity index (χ3n) is 4.53. The molecule has 9 heteroatoms. The molecule has 3 aromatic rings. The summed E-state index contributed by atoms with van der Waals surface area (Å²) < 4.78 is 7.00. The fourth-order valence-corrected chi connectivity index (χ4v) is 3.88. The molecule has 146 valence electrons. The van der Waals surface area contributed by atoms with Crippen LogP contribution in [-0.4, -0.2) is 44.7 Å². The van der Waals surface area contributed by atoms with Crippen LogP contribution in [0.4, 0.5) is 11.8 Å². The van der Waals surface area contributed by atoms with Gasteiger partial charge < -0.3 is 14.7 Å². The minimum atomic E-state index is -0.167. The quantitative estimate of drug-likeness (QED) is 0.638. The molecule has 0 bridgehead atoms. The van der Waals surface area contributed by atoms with Gasteiger partial charge in [-0.1, -0.05) is 34.6 Å². The van der Waals surface area contributed by atoms with E-state index in [1.54, 1.807) is 13.0 Å². The van der Waals surface area contributed by atoms with E-state index in [1.165, 1.54) is 17.3 Å². The van der Waals surface area contributed by atoms with E-state index in [2.05, 4.69) is 56.8 Å². The Balaban J connectivity index is 1.54. The molecule has 8 nitrogen and oxygen atoms in total. The molecule has 0 aliphatic carbocycles. The summed E-state index contributed by atoms with van der Waals surface area (Å²) in [6.07, 6.45) is 2.31. The lowest BCUT2D eigenvalue weighted by molar-refractivity contribution is -0.113. The van der Waals surface area contributed by atoms with Crippen molar-refractivity contribution < 1.29 is 9.32 Å². The monoisotopic (exact) mass is 398 g/mol. The van der Waals surface area contributed by atoms with E-state index < -0.39 is 0 Å². The fraction of sp³-hybridized carbons (Fsp3) is 0.368. The number of anilines is 2. The second kappa shape index (κ2) is 8.05. The van der Waals surface area contributed by atoms with Crippen molar-refractivity contribution in [3.63, 3.8) is 0 Å². The van der Waals surface area contributed by atoms with Crippen LogP contribution in [0.3, 0.4) is 0 Å². The first-order chi connectivity index (χ1) is 13.6. The number of amides is 1. The molecule has 1 aromatic carbocycles. The molecule has 3 heterocycles. The maximum absolute atomic E-state index is 12.3. The smallest absolute Gasteiger partial charge is 0.236 e. The van der Waals surface area contributed by atoms with Crippen LogP contribution in [-0.2, 0) is 4.79 Å². The van der Waals surface area contributed by atoms with E-state index in [1.807, 2.05) is 4.57 Å². The molecule has 1 aliphatic heterocycles. The maximum atomic E-state index is 12.3. The average molecular weight is 398 g/mol. The van der Waals surface area contributed by atoms with Gasteiger partial charge in [-0.15, -0.1) is 10.2 Å². The van der Waals surface area contributed by atoms with Gasteiger partial charge in [0.2, 0.25) is 11.9 Å². The molecule has 1 fully saturated rings. The Hall–Kier alpha value is -2.81. The minimum Gasteiger partial charge on any atom is -0.360 e. The number of carbonyl (C=O) groups is 1. The van der Waals surface area contributed by atoms with Gasteiger partial charge in [-0.3, -0.25) is 9.36 Å². The van der Waals surface area contributed by atoms with E-state index in [-0.39, 0.29) is 11.7 Å². The Labute approximate surface area is 167 Å². The van der Waals surface area contributed by atoms with Gasteiger partial charge in [0.1, 0.15) is 5.76 Å². The maximum Gasteiger partial charge on any atom is 0.236 e. The highest BCUT2D eigenvalue weighted by molar-refractivity contribution is 7.99.